The minimum absolute atomic E-state index is 0.0388. The van der Waals surface area contributed by atoms with Gasteiger partial charge in [0.25, 0.3) is 0 Å². The number of hydrogen-bond donors (Lipinski definition) is 10. The zero-order chi connectivity index (χ0) is 58.7. The molecule has 434 valence electrons. The van der Waals surface area contributed by atoms with Crippen LogP contribution in [0.2, 0.25) is 0 Å². The Morgan fingerprint density at radius 3 is 1.86 bits per heavy atom. The average molecular weight is 1110 g/mol. The number of amides is 9. The van der Waals surface area contributed by atoms with E-state index in [1.807, 2.05) is 0 Å². The van der Waals surface area contributed by atoms with E-state index in [2.05, 4.69) is 42.5 Å². The molecule has 79 heavy (non-hydrogen) atoms. The molecule has 2 aromatic rings. The van der Waals surface area contributed by atoms with Crippen LogP contribution in [0.3, 0.4) is 0 Å². The summed E-state index contributed by atoms with van der Waals surface area (Å²) in [7, 11) is 0. The number of nitrogens with one attached hydrogen (secondary N) is 8. The zero-order valence-corrected chi connectivity index (χ0v) is 46.4. The van der Waals surface area contributed by atoms with Gasteiger partial charge >= 0.3 is 11.9 Å². The van der Waals surface area contributed by atoms with E-state index in [9.17, 15) is 63.0 Å². The van der Waals surface area contributed by atoms with Crippen LogP contribution < -0.4 is 42.5 Å². The van der Waals surface area contributed by atoms with Crippen molar-refractivity contribution in [1.82, 2.24) is 47.4 Å². The lowest BCUT2D eigenvalue weighted by Crippen LogP contribution is -2.65. The third kappa shape index (κ3) is 18.8. The van der Waals surface area contributed by atoms with Crippen molar-refractivity contribution in [3.05, 3.63) is 65.7 Å². The van der Waals surface area contributed by atoms with Crippen LogP contribution in [0.1, 0.15) is 125 Å². The molecule has 24 nitrogen and oxygen atoms in total. The van der Waals surface area contributed by atoms with Gasteiger partial charge in [0, 0.05) is 25.7 Å². The molecule has 2 fully saturated rings. The second kappa shape index (κ2) is 30.5. The second-order valence-electron chi connectivity index (χ2n) is 20.4. The van der Waals surface area contributed by atoms with E-state index in [4.69, 9.17) is 9.47 Å². The van der Waals surface area contributed by atoms with E-state index in [1.165, 1.54) is 52.0 Å². The molecule has 2 aliphatic heterocycles. The summed E-state index contributed by atoms with van der Waals surface area (Å²) < 4.78 is 11.5. The number of rotatable bonds is 20. The van der Waals surface area contributed by atoms with Gasteiger partial charge in [-0.05, 0) is 89.0 Å². The Kier molecular flexibility index (Phi) is 24.7. The highest BCUT2D eigenvalue weighted by atomic mass is 16.6. The van der Waals surface area contributed by atoms with Gasteiger partial charge in [0.15, 0.2) is 0 Å². The third-order valence-corrected chi connectivity index (χ3v) is 13.4. The summed E-state index contributed by atoms with van der Waals surface area (Å²) in [6, 6.07) is 0.914. The summed E-state index contributed by atoms with van der Waals surface area (Å²) in [4.78, 5) is 155. The van der Waals surface area contributed by atoms with E-state index in [0.717, 1.165) is 4.90 Å². The first kappa shape index (κ1) is 63.9. The second-order valence-corrected chi connectivity index (χ2v) is 20.4. The number of aliphatic hydroxyl groups excluding tert-OH is 1. The van der Waals surface area contributed by atoms with Crippen molar-refractivity contribution in [1.29, 1.82) is 0 Å². The minimum atomic E-state index is -1.92. The fourth-order valence-electron chi connectivity index (χ4n) is 8.94. The molecule has 10 N–H and O–H groups in total. The first-order chi connectivity index (χ1) is 37.4. The SMILES string of the molecule is CCCC(=O)N[C@@H](C)C(=O)N[C@H](C(=O)N[C@@H]1C(=O)N[C@@H](CCC)C(=O)N[C@H]2CC[C@@H](O)N(C2=O)[C@@H](Cc2ccccc2)C(=O)N[C@@H](Cc2ccc(O)cc2)C(=O)N[C@@H](C(C)C)C(=O)O[C@@H]1C)[C@H](C)OC(=O)[C@H](C)NC(=O)CCC. The maximum atomic E-state index is 14.7. The number of carbonyl (C=O) groups excluding carboxylic acids is 11. The monoisotopic (exact) mass is 1110 g/mol. The molecule has 0 radical (unpaired) electrons. The number of aromatic hydroxyl groups is 1. The number of phenols is 1. The van der Waals surface area contributed by atoms with Crippen LogP contribution in [0.15, 0.2) is 54.6 Å². The number of fused-ring (bicyclic) bond motifs is 2. The number of benzene rings is 2. The highest BCUT2D eigenvalue weighted by Crippen LogP contribution is 2.24. The maximum Gasteiger partial charge on any atom is 0.329 e. The summed E-state index contributed by atoms with van der Waals surface area (Å²) in [6.45, 7) is 13.6. The topological polar surface area (TPSA) is 346 Å². The Bertz CT molecular complexity index is 2480. The molecule has 24 heteroatoms. The largest absolute Gasteiger partial charge is 0.508 e. The minimum Gasteiger partial charge on any atom is -0.508 e. The Labute approximate surface area is 460 Å². The molecule has 2 saturated heterocycles. The van der Waals surface area contributed by atoms with Gasteiger partial charge < -0.3 is 67.1 Å². The molecule has 2 heterocycles. The van der Waals surface area contributed by atoms with E-state index < -0.39 is 144 Å². The average Bonchev–Trinajstić information content (AvgIpc) is 3.39. The fourth-order valence-corrected chi connectivity index (χ4v) is 8.94. The van der Waals surface area contributed by atoms with Gasteiger partial charge in [-0.15, -0.1) is 0 Å². The van der Waals surface area contributed by atoms with Gasteiger partial charge in [-0.1, -0.05) is 83.5 Å². The molecule has 12 atom stereocenters. The fraction of sp³-hybridized carbons (Fsp3) is 0.582. The predicted molar refractivity (Wildman–Crippen MR) is 285 cm³/mol. The molecule has 2 aromatic carbocycles. The number of piperidine rings is 1. The number of phenolic OH excluding ortho intramolecular Hbond substituents is 1. The van der Waals surface area contributed by atoms with Crippen molar-refractivity contribution in [2.45, 2.75) is 199 Å². The zero-order valence-electron chi connectivity index (χ0n) is 46.4. The molecule has 9 amide bonds. The van der Waals surface area contributed by atoms with Crippen LogP contribution in [0.25, 0.3) is 0 Å². The smallest absolute Gasteiger partial charge is 0.329 e. The van der Waals surface area contributed by atoms with Gasteiger partial charge in [-0.3, -0.25) is 43.2 Å². The predicted octanol–water partition coefficient (Wildman–Crippen LogP) is 0.338. The highest BCUT2D eigenvalue weighted by Gasteiger charge is 2.45. The van der Waals surface area contributed by atoms with E-state index in [-0.39, 0.29) is 57.1 Å². The number of esters is 2. The summed E-state index contributed by atoms with van der Waals surface area (Å²) in [6.07, 6.45) is -3.94. The summed E-state index contributed by atoms with van der Waals surface area (Å²) >= 11 is 0. The quantitative estimate of drug-likeness (QED) is 0.0800. The molecule has 0 saturated carbocycles. The van der Waals surface area contributed by atoms with Crippen molar-refractivity contribution in [3.8, 4) is 5.75 Å². The molecule has 0 aromatic heterocycles. The first-order valence-electron chi connectivity index (χ1n) is 27.0. The molecule has 0 spiro atoms. The Hall–Kier alpha value is -7.63. The van der Waals surface area contributed by atoms with E-state index in [0.29, 0.717) is 24.0 Å². The lowest BCUT2D eigenvalue weighted by molar-refractivity contribution is -0.161. The van der Waals surface area contributed by atoms with Crippen LogP contribution in [0.4, 0.5) is 0 Å². The summed E-state index contributed by atoms with van der Waals surface area (Å²) in [5.74, 6) is -10.5. The Morgan fingerprint density at radius 2 is 1.27 bits per heavy atom. The van der Waals surface area contributed by atoms with E-state index >= 15 is 0 Å². The Balaban J connectivity index is 1.84. The lowest BCUT2D eigenvalue weighted by Gasteiger charge is -2.41. The van der Waals surface area contributed by atoms with Gasteiger partial charge in [0.2, 0.25) is 53.2 Å². The van der Waals surface area contributed by atoms with Crippen molar-refractivity contribution >= 4 is 65.1 Å². The van der Waals surface area contributed by atoms with Gasteiger partial charge in [0.05, 0.1) is 0 Å². The van der Waals surface area contributed by atoms with Gasteiger partial charge in [0.1, 0.15) is 78.6 Å². The van der Waals surface area contributed by atoms with Crippen LogP contribution in [0, 0.1) is 5.92 Å². The van der Waals surface area contributed by atoms with Crippen molar-refractivity contribution in [2.75, 3.05) is 0 Å². The number of cyclic esters (lactones) is 1. The van der Waals surface area contributed by atoms with Crippen molar-refractivity contribution in [3.63, 3.8) is 0 Å². The van der Waals surface area contributed by atoms with E-state index in [1.54, 1.807) is 65.0 Å². The number of carbonyl (C=O) groups is 11. The lowest BCUT2D eigenvalue weighted by atomic mass is 9.95. The molecule has 2 aliphatic rings. The van der Waals surface area contributed by atoms with Crippen LogP contribution in [-0.2, 0) is 75.1 Å². The number of ether oxygens (including phenoxy) is 2. The van der Waals surface area contributed by atoms with Crippen molar-refractivity contribution in [2.24, 2.45) is 5.92 Å². The molecule has 0 unspecified atom stereocenters. The number of nitrogens with zero attached hydrogens (tertiary/aromatic N) is 1. The van der Waals surface area contributed by atoms with Gasteiger partial charge in [-0.25, -0.2) is 9.59 Å². The number of hydrogen-bond acceptors (Lipinski definition) is 15. The Morgan fingerprint density at radius 1 is 0.684 bits per heavy atom. The molecule has 4 rings (SSSR count). The normalized spacial score (nSPS) is 24.0. The summed E-state index contributed by atoms with van der Waals surface area (Å²) in [5.41, 5.74) is 1.03. The van der Waals surface area contributed by atoms with Crippen molar-refractivity contribution < 1.29 is 72.4 Å². The third-order valence-electron chi connectivity index (χ3n) is 13.4. The summed E-state index contributed by atoms with van der Waals surface area (Å²) in [5, 5.41) is 42.2. The molecular formula is C55H79N9O15. The maximum absolute atomic E-state index is 14.7. The van der Waals surface area contributed by atoms with Crippen LogP contribution in [0.5, 0.6) is 5.75 Å². The highest BCUT2D eigenvalue weighted by molar-refractivity contribution is 5.99. The standard InChI is InChI=1S/C55H79N9O15/c1-10-16-37-48(70)59-38-25-26-43(68)64(53(38)75)40(28-34-19-14-13-15-20-34)50(72)60-39(27-35-21-23-36(65)24-22-35)49(71)61-44(29(4)5)55(77)79-33(9)45(51(73)58-37)63-52(74)46(62-47(69)30(6)56-41(66)17-11-2)32(8)78-54(76)31(7)57-42(67)18-12-3/h13-15,19-24,29-33,37-40,43-46,65,68H,10-12,16-18,25-28H2,1-9H3,(H,56,66)(H,57,67)(H,58,73)(H,59,70)(H,60,72)(H,61,71)(H,62,69)(H,63,74)/t30-,31-,32-,33+,37-,38-,39-,40-,43+,44-,45-,46-/m0/s1. The molecule has 2 bridgehead atoms. The molecule has 0 aliphatic carbocycles. The van der Waals surface area contributed by atoms with Gasteiger partial charge in [-0.2, -0.15) is 0 Å². The number of aliphatic hydroxyl groups is 1. The van der Waals surface area contributed by atoms with Crippen LogP contribution >= 0.6 is 0 Å². The van der Waals surface area contributed by atoms with Crippen LogP contribution in [-0.4, -0.2) is 153 Å². The first-order valence-corrected chi connectivity index (χ1v) is 27.0. The molecular weight excluding hydrogens is 1030 g/mol.